The number of rotatable bonds is 3. The molecule has 5 heteroatoms. The molecule has 3 atom stereocenters. The maximum absolute atomic E-state index is 11.4. The molecule has 0 saturated heterocycles. The Morgan fingerprint density at radius 1 is 1.43 bits per heavy atom. The van der Waals surface area contributed by atoms with E-state index >= 15 is 0 Å². The average Bonchev–Trinajstić information content (AvgIpc) is 2.81. The van der Waals surface area contributed by atoms with Gasteiger partial charge in [-0.05, 0) is 30.7 Å². The van der Waals surface area contributed by atoms with Crippen LogP contribution in [0.25, 0.3) is 0 Å². The Kier molecular flexibility index (Phi) is 3.66. The van der Waals surface area contributed by atoms with Crippen molar-refractivity contribution in [2.45, 2.75) is 39.2 Å². The molecule has 114 valence electrons. The SMILES string of the molecule is CCC1CCC(Nc2cc3c(cc2N)OCC(=O)N3)C1C. The predicted octanol–water partition coefficient (Wildman–Crippen LogP) is 2.84. The summed E-state index contributed by atoms with van der Waals surface area (Å²) in [6, 6.07) is 4.11. The molecule has 3 rings (SSSR count). The van der Waals surface area contributed by atoms with Crippen molar-refractivity contribution in [1.82, 2.24) is 0 Å². The van der Waals surface area contributed by atoms with Crippen LogP contribution in [0.5, 0.6) is 5.75 Å². The van der Waals surface area contributed by atoms with Crippen molar-refractivity contribution in [3.05, 3.63) is 12.1 Å². The van der Waals surface area contributed by atoms with E-state index in [1.54, 1.807) is 6.07 Å². The first-order chi connectivity index (χ1) is 10.1. The Bertz CT molecular complexity index is 559. The average molecular weight is 289 g/mol. The first-order valence-corrected chi connectivity index (χ1v) is 7.71. The van der Waals surface area contributed by atoms with Crippen molar-refractivity contribution in [3.8, 4) is 5.75 Å². The molecule has 3 unspecified atom stereocenters. The monoisotopic (exact) mass is 289 g/mol. The van der Waals surface area contributed by atoms with Gasteiger partial charge < -0.3 is 21.1 Å². The van der Waals surface area contributed by atoms with E-state index in [-0.39, 0.29) is 12.5 Å². The quantitative estimate of drug-likeness (QED) is 0.748. The summed E-state index contributed by atoms with van der Waals surface area (Å²) in [7, 11) is 0. The highest BCUT2D eigenvalue weighted by Gasteiger charge is 2.32. The van der Waals surface area contributed by atoms with Crippen LogP contribution in [0.2, 0.25) is 0 Å². The van der Waals surface area contributed by atoms with E-state index in [1.165, 1.54) is 19.3 Å². The summed E-state index contributed by atoms with van der Waals surface area (Å²) in [5.41, 5.74) is 8.36. The molecule has 1 heterocycles. The Morgan fingerprint density at radius 2 is 2.24 bits per heavy atom. The van der Waals surface area contributed by atoms with Gasteiger partial charge in [-0.25, -0.2) is 0 Å². The topological polar surface area (TPSA) is 76.4 Å². The van der Waals surface area contributed by atoms with Gasteiger partial charge in [0.15, 0.2) is 6.61 Å². The zero-order valence-corrected chi connectivity index (χ0v) is 12.6. The first-order valence-electron chi connectivity index (χ1n) is 7.71. The number of nitrogens with two attached hydrogens (primary N) is 1. The van der Waals surface area contributed by atoms with Crippen molar-refractivity contribution in [2.24, 2.45) is 11.8 Å². The molecule has 1 saturated carbocycles. The van der Waals surface area contributed by atoms with E-state index in [0.717, 1.165) is 11.6 Å². The Balaban J connectivity index is 1.80. The molecule has 0 bridgehead atoms. The third-order valence-electron chi connectivity index (χ3n) is 4.88. The molecule has 1 aromatic carbocycles. The first kappa shape index (κ1) is 14.0. The number of nitrogen functional groups attached to an aromatic ring is 1. The van der Waals surface area contributed by atoms with Crippen LogP contribution in [0.1, 0.15) is 33.1 Å². The van der Waals surface area contributed by atoms with Gasteiger partial charge in [0, 0.05) is 12.1 Å². The number of hydrogen-bond donors (Lipinski definition) is 3. The second-order valence-electron chi connectivity index (χ2n) is 6.13. The van der Waals surface area contributed by atoms with Gasteiger partial charge in [0.1, 0.15) is 5.75 Å². The van der Waals surface area contributed by atoms with Crippen LogP contribution >= 0.6 is 0 Å². The molecular formula is C16H23N3O2. The summed E-state index contributed by atoms with van der Waals surface area (Å²) >= 11 is 0. The summed E-state index contributed by atoms with van der Waals surface area (Å²) in [4.78, 5) is 11.4. The molecule has 1 aliphatic heterocycles. The fourth-order valence-electron chi connectivity index (χ4n) is 3.49. The maximum Gasteiger partial charge on any atom is 0.262 e. The lowest BCUT2D eigenvalue weighted by atomic mass is 9.93. The number of benzene rings is 1. The van der Waals surface area contributed by atoms with Gasteiger partial charge >= 0.3 is 0 Å². The van der Waals surface area contributed by atoms with Gasteiger partial charge in [-0.2, -0.15) is 0 Å². The summed E-state index contributed by atoms with van der Waals surface area (Å²) in [5, 5.41) is 6.38. The molecule has 0 aromatic heterocycles. The minimum atomic E-state index is -0.126. The van der Waals surface area contributed by atoms with Crippen molar-refractivity contribution in [2.75, 3.05) is 23.0 Å². The van der Waals surface area contributed by atoms with Gasteiger partial charge in [0.25, 0.3) is 5.91 Å². The molecule has 1 aliphatic carbocycles. The zero-order valence-electron chi connectivity index (χ0n) is 12.6. The number of carbonyl (C=O) groups excluding carboxylic acids is 1. The minimum absolute atomic E-state index is 0.0526. The van der Waals surface area contributed by atoms with E-state index < -0.39 is 0 Å². The predicted molar refractivity (Wildman–Crippen MR) is 84.6 cm³/mol. The Morgan fingerprint density at radius 3 is 2.95 bits per heavy atom. The lowest BCUT2D eigenvalue weighted by molar-refractivity contribution is -0.118. The van der Waals surface area contributed by atoms with E-state index in [0.29, 0.717) is 29.1 Å². The lowest BCUT2D eigenvalue weighted by Gasteiger charge is -2.25. The van der Waals surface area contributed by atoms with Crippen LogP contribution in [0.15, 0.2) is 12.1 Å². The van der Waals surface area contributed by atoms with Crippen molar-refractivity contribution < 1.29 is 9.53 Å². The summed E-state index contributed by atoms with van der Waals surface area (Å²) in [6.07, 6.45) is 3.65. The highest BCUT2D eigenvalue weighted by atomic mass is 16.5. The second kappa shape index (κ2) is 5.47. The highest BCUT2D eigenvalue weighted by Crippen LogP contribution is 2.39. The normalized spacial score (nSPS) is 27.7. The van der Waals surface area contributed by atoms with Gasteiger partial charge in [-0.3, -0.25) is 4.79 Å². The molecule has 2 aliphatic rings. The minimum Gasteiger partial charge on any atom is -0.482 e. The molecule has 1 aromatic rings. The van der Waals surface area contributed by atoms with Gasteiger partial charge in [-0.15, -0.1) is 0 Å². The Hall–Kier alpha value is -1.91. The van der Waals surface area contributed by atoms with E-state index in [9.17, 15) is 4.79 Å². The molecule has 1 fully saturated rings. The number of hydrogen-bond acceptors (Lipinski definition) is 4. The van der Waals surface area contributed by atoms with E-state index in [4.69, 9.17) is 10.5 Å². The number of anilines is 3. The molecule has 4 N–H and O–H groups in total. The van der Waals surface area contributed by atoms with Gasteiger partial charge in [0.2, 0.25) is 0 Å². The number of amides is 1. The molecular weight excluding hydrogens is 266 g/mol. The largest absolute Gasteiger partial charge is 0.482 e. The van der Waals surface area contributed by atoms with Crippen molar-refractivity contribution in [3.63, 3.8) is 0 Å². The molecule has 0 radical (unpaired) electrons. The van der Waals surface area contributed by atoms with E-state index in [2.05, 4.69) is 24.5 Å². The third-order valence-corrected chi connectivity index (χ3v) is 4.88. The summed E-state index contributed by atoms with van der Waals surface area (Å²) < 4.78 is 5.38. The summed E-state index contributed by atoms with van der Waals surface area (Å²) in [5.74, 6) is 1.93. The summed E-state index contributed by atoms with van der Waals surface area (Å²) in [6.45, 7) is 4.61. The van der Waals surface area contributed by atoms with Crippen molar-refractivity contribution >= 4 is 23.0 Å². The lowest BCUT2D eigenvalue weighted by Crippen LogP contribution is -2.27. The number of carbonyl (C=O) groups is 1. The fraction of sp³-hybridized carbons (Fsp3) is 0.562. The van der Waals surface area contributed by atoms with Crippen molar-refractivity contribution in [1.29, 1.82) is 0 Å². The van der Waals surface area contributed by atoms with E-state index in [1.807, 2.05) is 6.07 Å². The van der Waals surface area contributed by atoms with Gasteiger partial charge in [0.05, 0.1) is 17.1 Å². The maximum atomic E-state index is 11.4. The van der Waals surface area contributed by atoms with Crippen LogP contribution in [-0.2, 0) is 4.79 Å². The molecule has 1 amide bonds. The molecule has 0 spiro atoms. The Labute approximate surface area is 125 Å². The fourth-order valence-corrected chi connectivity index (χ4v) is 3.49. The smallest absolute Gasteiger partial charge is 0.262 e. The third kappa shape index (κ3) is 2.64. The molecule has 5 nitrogen and oxygen atoms in total. The number of ether oxygens (including phenoxy) is 1. The second-order valence-corrected chi connectivity index (χ2v) is 6.13. The van der Waals surface area contributed by atoms with Crippen LogP contribution in [0, 0.1) is 11.8 Å². The van der Waals surface area contributed by atoms with Crippen LogP contribution < -0.4 is 21.1 Å². The highest BCUT2D eigenvalue weighted by molar-refractivity contribution is 5.97. The van der Waals surface area contributed by atoms with Crippen LogP contribution in [0.3, 0.4) is 0 Å². The zero-order chi connectivity index (χ0) is 15.0. The molecule has 21 heavy (non-hydrogen) atoms. The van der Waals surface area contributed by atoms with Crippen LogP contribution in [-0.4, -0.2) is 18.6 Å². The number of fused-ring (bicyclic) bond motifs is 1. The number of nitrogens with one attached hydrogen (secondary N) is 2. The van der Waals surface area contributed by atoms with Gasteiger partial charge in [-0.1, -0.05) is 20.3 Å². The standard InChI is InChI=1S/C16H23N3O2/c1-3-10-4-5-12(9(10)2)18-13-7-14-15(6-11(13)17)21-8-16(20)19-14/h6-7,9-10,12,18H,3-5,8,17H2,1-2H3,(H,19,20). The van der Waals surface area contributed by atoms with Crippen LogP contribution in [0.4, 0.5) is 17.1 Å².